The molecule has 4 nitrogen and oxygen atoms in total. The predicted molar refractivity (Wildman–Crippen MR) is 76.1 cm³/mol. The Morgan fingerprint density at radius 2 is 2.04 bits per heavy atom. The Labute approximate surface area is 130 Å². The Hall–Kier alpha value is -2.57. The zero-order valence-electron chi connectivity index (χ0n) is 11.9. The highest BCUT2D eigenvalue weighted by Gasteiger charge is 2.32. The molecule has 7 heteroatoms. The molecule has 2 heterocycles. The summed E-state index contributed by atoms with van der Waals surface area (Å²) in [6, 6.07) is 7.94. The van der Waals surface area contributed by atoms with Crippen LogP contribution in [0.2, 0.25) is 0 Å². The topological polar surface area (TPSA) is 51.2 Å². The van der Waals surface area contributed by atoms with Crippen LogP contribution in [0.25, 0.3) is 0 Å². The van der Waals surface area contributed by atoms with Crippen LogP contribution in [0.4, 0.5) is 13.2 Å². The highest BCUT2D eigenvalue weighted by molar-refractivity contribution is 5.94. The van der Waals surface area contributed by atoms with E-state index in [2.05, 4.69) is 10.3 Å². The first kappa shape index (κ1) is 15.3. The monoisotopic (exact) mass is 322 g/mol. The Balaban J connectivity index is 1.71. The Morgan fingerprint density at radius 3 is 2.83 bits per heavy atom. The fourth-order valence-corrected chi connectivity index (χ4v) is 2.41. The van der Waals surface area contributed by atoms with Gasteiger partial charge in [-0.1, -0.05) is 18.2 Å². The molecule has 1 unspecified atom stereocenters. The lowest BCUT2D eigenvalue weighted by Gasteiger charge is -2.26. The molecule has 1 amide bonds. The van der Waals surface area contributed by atoms with E-state index in [4.69, 9.17) is 4.74 Å². The molecule has 23 heavy (non-hydrogen) atoms. The summed E-state index contributed by atoms with van der Waals surface area (Å²) in [6.45, 7) is 0.273. The predicted octanol–water partition coefficient (Wildman–Crippen LogP) is 2.83. The van der Waals surface area contributed by atoms with Crippen LogP contribution in [0.1, 0.15) is 21.5 Å². The number of alkyl halides is 3. The summed E-state index contributed by atoms with van der Waals surface area (Å²) in [7, 11) is 0. The second-order valence-corrected chi connectivity index (χ2v) is 5.25. The molecule has 3 rings (SSSR count). The maximum Gasteiger partial charge on any atom is 0.417 e. The van der Waals surface area contributed by atoms with Crippen LogP contribution in [0, 0.1) is 0 Å². The van der Waals surface area contributed by atoms with Crippen LogP contribution in [0.5, 0.6) is 5.75 Å². The summed E-state index contributed by atoms with van der Waals surface area (Å²) in [4.78, 5) is 15.6. The molecule has 0 saturated carbocycles. The van der Waals surface area contributed by atoms with Crippen molar-refractivity contribution in [3.05, 3.63) is 59.4 Å². The third-order valence-electron chi connectivity index (χ3n) is 3.54. The molecule has 1 atom stereocenters. The van der Waals surface area contributed by atoms with Crippen molar-refractivity contribution < 1.29 is 22.7 Å². The van der Waals surface area contributed by atoms with Gasteiger partial charge >= 0.3 is 6.18 Å². The number of nitrogens with zero attached hydrogens (tertiary/aromatic N) is 1. The number of halogens is 3. The van der Waals surface area contributed by atoms with Crippen LogP contribution in [0.15, 0.2) is 42.7 Å². The first-order valence-electron chi connectivity index (χ1n) is 6.97. The Bertz CT molecular complexity index is 731. The number of rotatable bonds is 2. The number of carbonyl (C=O) groups excluding carboxylic acids is 1. The van der Waals surface area contributed by atoms with Crippen molar-refractivity contribution in [2.24, 2.45) is 0 Å². The average Bonchev–Trinajstić information content (AvgIpc) is 2.54. The first-order chi connectivity index (χ1) is 10.9. The maximum atomic E-state index is 12.7. The molecular weight excluding hydrogens is 309 g/mol. The van der Waals surface area contributed by atoms with Gasteiger partial charge in [-0.2, -0.15) is 13.2 Å². The molecule has 0 bridgehead atoms. The lowest BCUT2D eigenvalue weighted by atomic mass is 10.0. The van der Waals surface area contributed by atoms with E-state index in [1.807, 2.05) is 24.3 Å². The van der Waals surface area contributed by atoms with Crippen LogP contribution < -0.4 is 10.1 Å². The van der Waals surface area contributed by atoms with Gasteiger partial charge < -0.3 is 10.1 Å². The van der Waals surface area contributed by atoms with Gasteiger partial charge in [0.1, 0.15) is 12.4 Å². The van der Waals surface area contributed by atoms with E-state index >= 15 is 0 Å². The molecule has 1 aromatic heterocycles. The van der Waals surface area contributed by atoms with E-state index in [1.54, 1.807) is 0 Å². The molecule has 0 radical (unpaired) electrons. The number of para-hydroxylation sites is 1. The summed E-state index contributed by atoms with van der Waals surface area (Å²) in [5.41, 5.74) is -0.125. The van der Waals surface area contributed by atoms with Crippen LogP contribution in [-0.4, -0.2) is 23.5 Å². The molecule has 120 valence electrons. The standard InChI is InChI=1S/C16H13F3N2O2/c17-16(18,19)12-5-11(7-20-8-12)15(22)21-13-6-10-3-1-2-4-14(10)23-9-13/h1-5,7-8,13H,6,9H2,(H,21,22). The lowest BCUT2D eigenvalue weighted by molar-refractivity contribution is -0.137. The van der Waals surface area contributed by atoms with Crippen molar-refractivity contribution in [1.82, 2.24) is 10.3 Å². The molecule has 1 aliphatic heterocycles. The van der Waals surface area contributed by atoms with Crippen LogP contribution >= 0.6 is 0 Å². The number of carbonyl (C=O) groups is 1. The number of hydrogen-bond donors (Lipinski definition) is 1. The van der Waals surface area contributed by atoms with Crippen molar-refractivity contribution in [3.8, 4) is 5.75 Å². The van der Waals surface area contributed by atoms with E-state index in [1.165, 1.54) is 0 Å². The van der Waals surface area contributed by atoms with E-state index in [0.29, 0.717) is 12.6 Å². The van der Waals surface area contributed by atoms with Gasteiger partial charge in [0.25, 0.3) is 5.91 Å². The number of hydrogen-bond acceptors (Lipinski definition) is 3. The van der Waals surface area contributed by atoms with Crippen molar-refractivity contribution in [3.63, 3.8) is 0 Å². The van der Waals surface area contributed by atoms with Crippen molar-refractivity contribution in [2.75, 3.05) is 6.61 Å². The van der Waals surface area contributed by atoms with E-state index in [-0.39, 0.29) is 18.2 Å². The molecule has 0 spiro atoms. The quantitative estimate of drug-likeness (QED) is 0.925. The highest BCUT2D eigenvalue weighted by atomic mass is 19.4. The van der Waals surface area contributed by atoms with Gasteiger partial charge in [-0.05, 0) is 24.1 Å². The van der Waals surface area contributed by atoms with E-state index in [9.17, 15) is 18.0 Å². The molecule has 0 aliphatic carbocycles. The van der Waals surface area contributed by atoms with Gasteiger partial charge in [-0.25, -0.2) is 0 Å². The summed E-state index contributed by atoms with van der Waals surface area (Å²) >= 11 is 0. The Kier molecular flexibility index (Phi) is 3.94. The molecular formula is C16H13F3N2O2. The van der Waals surface area contributed by atoms with Gasteiger partial charge in [-0.15, -0.1) is 0 Å². The maximum absolute atomic E-state index is 12.7. The molecule has 0 fully saturated rings. The minimum absolute atomic E-state index is 0.126. The fourth-order valence-electron chi connectivity index (χ4n) is 2.41. The van der Waals surface area contributed by atoms with Crippen molar-refractivity contribution in [1.29, 1.82) is 0 Å². The average molecular weight is 322 g/mol. The lowest BCUT2D eigenvalue weighted by Crippen LogP contribution is -2.42. The molecule has 1 aliphatic rings. The minimum Gasteiger partial charge on any atom is -0.491 e. The van der Waals surface area contributed by atoms with Gasteiger partial charge in [0, 0.05) is 12.4 Å². The zero-order chi connectivity index (χ0) is 16.4. The van der Waals surface area contributed by atoms with Crippen molar-refractivity contribution >= 4 is 5.91 Å². The van der Waals surface area contributed by atoms with Gasteiger partial charge in [0.15, 0.2) is 0 Å². The summed E-state index contributed by atoms with van der Waals surface area (Å²) in [5.74, 6) is 0.162. The number of ether oxygens (including phenoxy) is 1. The van der Waals surface area contributed by atoms with Crippen LogP contribution in [0.3, 0.4) is 0 Å². The van der Waals surface area contributed by atoms with Gasteiger partial charge in [0.05, 0.1) is 17.2 Å². The molecule has 1 N–H and O–H groups in total. The third kappa shape index (κ3) is 3.44. The minimum atomic E-state index is -4.53. The third-order valence-corrected chi connectivity index (χ3v) is 3.54. The van der Waals surface area contributed by atoms with Crippen molar-refractivity contribution in [2.45, 2.75) is 18.6 Å². The summed E-state index contributed by atoms with van der Waals surface area (Å²) in [5, 5.41) is 2.68. The summed E-state index contributed by atoms with van der Waals surface area (Å²) < 4.78 is 43.5. The number of pyridine rings is 1. The van der Waals surface area contributed by atoms with E-state index < -0.39 is 17.6 Å². The highest BCUT2D eigenvalue weighted by Crippen LogP contribution is 2.29. The number of nitrogens with one attached hydrogen (secondary N) is 1. The normalized spacial score (nSPS) is 17.1. The largest absolute Gasteiger partial charge is 0.491 e. The second kappa shape index (κ2) is 5.91. The SMILES string of the molecule is O=C(NC1COc2ccccc2C1)c1cncc(C(F)(F)F)c1. The number of amides is 1. The second-order valence-electron chi connectivity index (χ2n) is 5.25. The van der Waals surface area contributed by atoms with Gasteiger partial charge in [0.2, 0.25) is 0 Å². The Morgan fingerprint density at radius 1 is 1.26 bits per heavy atom. The molecule has 0 saturated heterocycles. The number of fused-ring (bicyclic) bond motifs is 1. The zero-order valence-corrected chi connectivity index (χ0v) is 11.9. The fraction of sp³-hybridized carbons (Fsp3) is 0.250. The molecule has 1 aromatic carbocycles. The molecule has 2 aromatic rings. The smallest absolute Gasteiger partial charge is 0.417 e. The van der Waals surface area contributed by atoms with Crippen LogP contribution in [-0.2, 0) is 12.6 Å². The number of aromatic nitrogens is 1. The van der Waals surface area contributed by atoms with Gasteiger partial charge in [-0.3, -0.25) is 9.78 Å². The number of benzene rings is 1. The van der Waals surface area contributed by atoms with E-state index in [0.717, 1.165) is 23.6 Å². The summed E-state index contributed by atoms with van der Waals surface area (Å²) in [6.07, 6.45) is -2.16. The first-order valence-corrected chi connectivity index (χ1v) is 6.97.